The highest BCUT2D eigenvalue weighted by molar-refractivity contribution is 8.00. The van der Waals surface area contributed by atoms with E-state index in [1.807, 2.05) is 25.7 Å². The number of carbonyl (C=O) groups is 1. The third-order valence-electron chi connectivity index (χ3n) is 4.44. The molecule has 1 heterocycles. The predicted octanol–water partition coefficient (Wildman–Crippen LogP) is 2.64. The molecule has 6 nitrogen and oxygen atoms in total. The van der Waals surface area contributed by atoms with Crippen molar-refractivity contribution in [1.29, 1.82) is 0 Å². The molecule has 0 aliphatic heterocycles. The van der Waals surface area contributed by atoms with E-state index in [2.05, 4.69) is 10.2 Å². The van der Waals surface area contributed by atoms with Gasteiger partial charge in [0.2, 0.25) is 5.91 Å². The first kappa shape index (κ1) is 18.1. The Balaban J connectivity index is 2.05. The standard InChI is InChI=1S/C16H28N4O2S/c1-4-11-20-15(22)17-18-16(20)23-12(3)14(21)19(5-2)13-9-7-6-8-10-13/h12-13H,4-11H2,1-3H3,(H,17,22)/t12-/m0/s1. The molecular weight excluding hydrogens is 312 g/mol. The molecule has 1 saturated carbocycles. The third-order valence-corrected chi connectivity index (χ3v) is 5.52. The summed E-state index contributed by atoms with van der Waals surface area (Å²) in [4.78, 5) is 26.6. The van der Waals surface area contributed by atoms with E-state index in [1.54, 1.807) is 4.57 Å². The number of rotatable bonds is 7. The molecule has 1 N–H and O–H groups in total. The molecule has 2 rings (SSSR count). The summed E-state index contributed by atoms with van der Waals surface area (Å²) >= 11 is 1.38. The van der Waals surface area contributed by atoms with Crippen LogP contribution in [0.5, 0.6) is 0 Å². The molecule has 1 fully saturated rings. The molecule has 0 aromatic carbocycles. The van der Waals surface area contributed by atoms with Crippen molar-refractivity contribution in [2.75, 3.05) is 6.54 Å². The van der Waals surface area contributed by atoms with E-state index in [4.69, 9.17) is 0 Å². The summed E-state index contributed by atoms with van der Waals surface area (Å²) in [6, 6.07) is 0.376. The van der Waals surface area contributed by atoms with E-state index in [0.717, 1.165) is 25.8 Å². The van der Waals surface area contributed by atoms with Gasteiger partial charge in [-0.05, 0) is 33.1 Å². The average molecular weight is 340 g/mol. The van der Waals surface area contributed by atoms with Gasteiger partial charge < -0.3 is 4.90 Å². The van der Waals surface area contributed by atoms with Crippen LogP contribution in [-0.4, -0.2) is 43.4 Å². The first-order valence-corrected chi connectivity index (χ1v) is 9.58. The van der Waals surface area contributed by atoms with E-state index < -0.39 is 0 Å². The lowest BCUT2D eigenvalue weighted by molar-refractivity contribution is -0.133. The number of hydrogen-bond donors (Lipinski definition) is 1. The van der Waals surface area contributed by atoms with Crippen LogP contribution in [0.2, 0.25) is 0 Å². The average Bonchev–Trinajstić information content (AvgIpc) is 2.90. The van der Waals surface area contributed by atoms with Gasteiger partial charge >= 0.3 is 5.69 Å². The summed E-state index contributed by atoms with van der Waals surface area (Å²) in [5.41, 5.74) is -0.200. The smallest absolute Gasteiger partial charge is 0.339 e. The Bertz CT molecular complexity index is 563. The highest BCUT2D eigenvalue weighted by Crippen LogP contribution is 2.27. The maximum Gasteiger partial charge on any atom is 0.343 e. The van der Waals surface area contributed by atoms with Crippen molar-refractivity contribution in [3.8, 4) is 0 Å². The number of aromatic amines is 1. The van der Waals surface area contributed by atoms with Crippen LogP contribution >= 0.6 is 11.8 Å². The van der Waals surface area contributed by atoms with Crippen molar-refractivity contribution in [2.24, 2.45) is 0 Å². The monoisotopic (exact) mass is 340 g/mol. The van der Waals surface area contributed by atoms with Gasteiger partial charge in [0.15, 0.2) is 5.16 Å². The molecule has 23 heavy (non-hydrogen) atoms. The second kappa shape index (κ2) is 8.57. The van der Waals surface area contributed by atoms with Crippen molar-refractivity contribution in [1.82, 2.24) is 19.7 Å². The summed E-state index contributed by atoms with van der Waals surface area (Å²) in [5.74, 6) is 0.155. The minimum Gasteiger partial charge on any atom is -0.339 e. The maximum absolute atomic E-state index is 12.8. The number of hydrogen-bond acceptors (Lipinski definition) is 4. The molecule has 0 saturated heterocycles. The number of thioether (sulfide) groups is 1. The highest BCUT2D eigenvalue weighted by atomic mass is 32.2. The van der Waals surface area contributed by atoms with Crippen molar-refractivity contribution in [3.05, 3.63) is 10.5 Å². The minimum absolute atomic E-state index is 0.155. The molecule has 1 atom stereocenters. The first-order valence-electron chi connectivity index (χ1n) is 8.70. The zero-order chi connectivity index (χ0) is 16.8. The van der Waals surface area contributed by atoms with Gasteiger partial charge in [-0.3, -0.25) is 9.36 Å². The number of H-pyrrole nitrogens is 1. The van der Waals surface area contributed by atoms with Crippen LogP contribution in [0.1, 0.15) is 59.3 Å². The van der Waals surface area contributed by atoms with E-state index in [9.17, 15) is 9.59 Å². The van der Waals surface area contributed by atoms with Gasteiger partial charge in [0.25, 0.3) is 0 Å². The van der Waals surface area contributed by atoms with Gasteiger partial charge in [-0.15, -0.1) is 5.10 Å². The van der Waals surface area contributed by atoms with E-state index in [1.165, 1.54) is 31.0 Å². The maximum atomic E-state index is 12.8. The molecule has 7 heteroatoms. The van der Waals surface area contributed by atoms with Crippen LogP contribution in [0.25, 0.3) is 0 Å². The highest BCUT2D eigenvalue weighted by Gasteiger charge is 2.28. The molecule has 0 spiro atoms. The van der Waals surface area contributed by atoms with Crippen LogP contribution < -0.4 is 5.69 Å². The van der Waals surface area contributed by atoms with Crippen LogP contribution in [0.4, 0.5) is 0 Å². The Morgan fingerprint density at radius 3 is 2.70 bits per heavy atom. The van der Waals surface area contributed by atoms with Gasteiger partial charge in [0.05, 0.1) is 5.25 Å². The first-order chi connectivity index (χ1) is 11.1. The van der Waals surface area contributed by atoms with Crippen molar-refractivity contribution >= 4 is 17.7 Å². The van der Waals surface area contributed by atoms with Crippen LogP contribution in [0.15, 0.2) is 9.95 Å². The van der Waals surface area contributed by atoms with Crippen LogP contribution in [0.3, 0.4) is 0 Å². The van der Waals surface area contributed by atoms with Gasteiger partial charge in [-0.25, -0.2) is 9.89 Å². The topological polar surface area (TPSA) is 71.0 Å². The predicted molar refractivity (Wildman–Crippen MR) is 92.7 cm³/mol. The van der Waals surface area contributed by atoms with Crippen LogP contribution in [0, 0.1) is 0 Å². The molecular formula is C16H28N4O2S. The number of carbonyl (C=O) groups excluding carboxylic acids is 1. The molecule has 1 aliphatic carbocycles. The lowest BCUT2D eigenvalue weighted by Crippen LogP contribution is -2.44. The third kappa shape index (κ3) is 4.40. The second-order valence-electron chi connectivity index (χ2n) is 6.14. The van der Waals surface area contributed by atoms with Crippen LogP contribution in [-0.2, 0) is 11.3 Å². The Kier molecular flexibility index (Phi) is 6.74. The molecule has 1 aliphatic rings. The lowest BCUT2D eigenvalue weighted by atomic mass is 9.94. The minimum atomic E-state index is -0.234. The molecule has 0 bridgehead atoms. The molecule has 0 unspecified atom stereocenters. The zero-order valence-corrected chi connectivity index (χ0v) is 15.2. The summed E-state index contributed by atoms with van der Waals surface area (Å²) in [6.45, 7) is 7.35. The van der Waals surface area contributed by atoms with Gasteiger partial charge in [0, 0.05) is 19.1 Å². The summed E-state index contributed by atoms with van der Waals surface area (Å²) in [6.07, 6.45) is 6.79. The van der Waals surface area contributed by atoms with Crippen molar-refractivity contribution < 1.29 is 4.79 Å². The van der Waals surface area contributed by atoms with Crippen molar-refractivity contribution in [3.63, 3.8) is 0 Å². The molecule has 1 aromatic heterocycles. The Morgan fingerprint density at radius 2 is 2.09 bits per heavy atom. The SMILES string of the molecule is CCCn1c(S[C@@H](C)C(=O)N(CC)C2CCCCC2)n[nH]c1=O. The number of amides is 1. The molecule has 1 aromatic rings. The fourth-order valence-corrected chi connectivity index (χ4v) is 4.19. The van der Waals surface area contributed by atoms with Gasteiger partial charge in [0.1, 0.15) is 0 Å². The zero-order valence-electron chi connectivity index (χ0n) is 14.4. The van der Waals surface area contributed by atoms with E-state index in [0.29, 0.717) is 17.7 Å². The fourth-order valence-electron chi connectivity index (χ4n) is 3.24. The number of aromatic nitrogens is 3. The molecule has 130 valence electrons. The second-order valence-corrected chi connectivity index (χ2v) is 7.45. The summed E-state index contributed by atoms with van der Waals surface area (Å²) in [5, 5.41) is 6.93. The number of nitrogens with zero attached hydrogens (tertiary/aromatic N) is 3. The summed E-state index contributed by atoms with van der Waals surface area (Å²) < 4.78 is 1.62. The van der Waals surface area contributed by atoms with Gasteiger partial charge in [-0.1, -0.05) is 37.9 Å². The summed E-state index contributed by atoms with van der Waals surface area (Å²) in [7, 11) is 0. The quantitative estimate of drug-likeness (QED) is 0.775. The largest absolute Gasteiger partial charge is 0.343 e. The molecule has 0 radical (unpaired) electrons. The van der Waals surface area contributed by atoms with Crippen molar-refractivity contribution in [2.45, 2.75) is 82.3 Å². The fraction of sp³-hybridized carbons (Fsp3) is 0.812. The number of nitrogens with one attached hydrogen (secondary N) is 1. The Morgan fingerprint density at radius 1 is 1.39 bits per heavy atom. The normalized spacial score (nSPS) is 17.2. The Hall–Kier alpha value is -1.24. The van der Waals surface area contributed by atoms with E-state index in [-0.39, 0.29) is 16.8 Å². The Labute approximate surface area is 142 Å². The molecule has 1 amide bonds. The lowest BCUT2D eigenvalue weighted by Gasteiger charge is -2.35. The van der Waals surface area contributed by atoms with E-state index >= 15 is 0 Å². The van der Waals surface area contributed by atoms with Gasteiger partial charge in [-0.2, -0.15) is 0 Å².